The maximum Gasteiger partial charge on any atom is 4.00 e. The molecular formula is C62H36B2N4O5Pt2-2. The third-order valence-corrected chi connectivity index (χ3v) is 14.5. The number of rotatable bonds is 6. The average Bonchev–Trinajstić information content (AvgIpc) is 4.14. The first-order valence-electron chi connectivity index (χ1n) is 24.2. The first-order chi connectivity index (χ1) is 35.8. The Labute approximate surface area is 463 Å². The smallest absolute Gasteiger partial charge is 0.649 e. The predicted molar refractivity (Wildman–Crippen MR) is 280 cm³/mol. The topological polar surface area (TPSA) is 76.7 Å². The van der Waals surface area contributed by atoms with E-state index in [1.165, 1.54) is 0 Å². The van der Waals surface area contributed by atoms with Crippen LogP contribution in [0.3, 0.4) is 0 Å². The van der Waals surface area contributed by atoms with Crippen molar-refractivity contribution in [3.05, 3.63) is 206 Å². The summed E-state index contributed by atoms with van der Waals surface area (Å²) in [6, 6.07) is 67.0. The minimum Gasteiger partial charge on any atom is -0.649 e. The summed E-state index contributed by atoms with van der Waals surface area (Å²) in [5, 5.41) is 5.02. The summed E-state index contributed by atoms with van der Waals surface area (Å²) in [6.45, 7) is 5.66. The quantitative estimate of drug-likeness (QED) is 0.0943. The van der Waals surface area contributed by atoms with Crippen LogP contribution in [0, 0.1) is 63.7 Å². The Morgan fingerprint density at radius 1 is 0.493 bits per heavy atom. The molecule has 0 saturated heterocycles. The van der Waals surface area contributed by atoms with Gasteiger partial charge in [-0.2, -0.15) is 29.1 Å². The van der Waals surface area contributed by atoms with E-state index in [1.807, 2.05) is 120 Å². The van der Waals surface area contributed by atoms with Crippen molar-refractivity contribution in [2.24, 2.45) is 7.05 Å². The molecule has 3 aromatic heterocycles. The van der Waals surface area contributed by atoms with Gasteiger partial charge in [0.1, 0.15) is 23.0 Å². The van der Waals surface area contributed by atoms with Crippen LogP contribution in [0.1, 0.15) is 17.1 Å². The van der Waals surface area contributed by atoms with E-state index in [0.29, 0.717) is 34.1 Å². The van der Waals surface area contributed by atoms with Crippen molar-refractivity contribution in [1.82, 2.24) is 14.3 Å². The Morgan fingerprint density at radius 3 is 1.57 bits per heavy atom. The van der Waals surface area contributed by atoms with E-state index in [0.717, 1.165) is 118 Å². The fourth-order valence-corrected chi connectivity index (χ4v) is 11.3. The van der Waals surface area contributed by atoms with E-state index in [1.54, 1.807) is 0 Å². The van der Waals surface area contributed by atoms with E-state index >= 15 is 0 Å². The monoisotopic (exact) mass is 1330 g/mol. The normalized spacial score (nSPS) is 12.7. The van der Waals surface area contributed by atoms with Gasteiger partial charge >= 0.3 is 21.1 Å². The number of aromatic nitrogens is 4. The molecule has 0 saturated carbocycles. The SMILES string of the molecule is Cc1nn(-c2[c-]c3c(cc2)Oc2cccc4c2B3c2[c-]c(-c3[c-]c(-c5[c-]c6c(cc5)Oc5cccc7c5B6c5[c-]c(-n6[c-][n+](C)c(-c8ccccc8)c6C)ccc5O7)[c-]o3)ccc2O4)c(C)c1-c1ccccc1.[Pt+4].[Pt]. The van der Waals surface area contributed by atoms with Crippen LogP contribution in [0.25, 0.3) is 56.2 Å². The number of ether oxygens (including phenoxy) is 4. The van der Waals surface area contributed by atoms with Crippen molar-refractivity contribution < 1.29 is 70.1 Å². The molecule has 0 bridgehead atoms. The Morgan fingerprint density at radius 2 is 0.987 bits per heavy atom. The molecule has 0 N–H and O–H groups in total. The second kappa shape index (κ2) is 17.9. The van der Waals surface area contributed by atoms with Gasteiger partial charge in [-0.1, -0.05) is 78.5 Å². The van der Waals surface area contributed by atoms with E-state index in [9.17, 15) is 0 Å². The van der Waals surface area contributed by atoms with Crippen molar-refractivity contribution in [2.75, 3.05) is 0 Å². The molecule has 362 valence electrons. The first kappa shape index (κ1) is 46.9. The summed E-state index contributed by atoms with van der Waals surface area (Å²) in [5.74, 6) is 6.21. The molecule has 75 heavy (non-hydrogen) atoms. The summed E-state index contributed by atoms with van der Waals surface area (Å²) in [7, 11) is 2.02. The molecule has 11 aromatic rings. The Kier molecular flexibility index (Phi) is 11.2. The van der Waals surface area contributed by atoms with Gasteiger partial charge < -0.3 is 49.7 Å². The van der Waals surface area contributed by atoms with Gasteiger partial charge in [-0.05, 0) is 61.9 Å². The minimum absolute atomic E-state index is 0. The van der Waals surface area contributed by atoms with Gasteiger partial charge in [0.25, 0.3) is 0 Å². The van der Waals surface area contributed by atoms with E-state index < -0.39 is 0 Å². The van der Waals surface area contributed by atoms with E-state index in [4.69, 9.17) is 28.5 Å². The molecule has 0 spiro atoms. The van der Waals surface area contributed by atoms with Gasteiger partial charge in [0.2, 0.25) is 19.8 Å². The Bertz CT molecular complexity index is 3840. The van der Waals surface area contributed by atoms with Crippen molar-refractivity contribution >= 4 is 46.2 Å². The van der Waals surface area contributed by atoms with Crippen LogP contribution in [0.5, 0.6) is 46.0 Å². The number of furan rings is 1. The minimum atomic E-state index is -0.308. The molecular weight excluding hydrogens is 1290 g/mol. The second-order valence-electron chi connectivity index (χ2n) is 18.8. The largest absolute Gasteiger partial charge is 4.00 e. The van der Waals surface area contributed by atoms with Gasteiger partial charge in [0.15, 0.2) is 0 Å². The number of hydrogen-bond donors (Lipinski definition) is 0. The van der Waals surface area contributed by atoms with Crippen molar-refractivity contribution in [3.8, 4) is 102 Å². The van der Waals surface area contributed by atoms with Crippen molar-refractivity contribution in [2.45, 2.75) is 20.8 Å². The molecule has 9 nitrogen and oxygen atoms in total. The standard InChI is InChI=1S/C62H36B2N4O5.2Pt/c1-36-59(39-13-7-5-8-14-39)37(2)68(65-36)45-24-28-53-49(33-45)64-47-30-42(22-26-51(47)71-55-18-12-20-57(73-53)61(55)64)58-31-43(34-69-58)41-21-25-50-46(29-41)63-48-32-44(23-27-52(48)72-56-19-11-17-54(70-50)60(56)63)67-35-66(4)62(38(67)3)40-15-9-6-10-16-40;;/h5-28H,1-4H3;;/q-6;;+4. The van der Waals surface area contributed by atoms with Crippen LogP contribution in [0.4, 0.5) is 0 Å². The zero-order valence-corrected chi connectivity index (χ0v) is 45.0. The predicted octanol–water partition coefficient (Wildman–Crippen LogP) is 8.73. The van der Waals surface area contributed by atoms with Crippen LogP contribution in [-0.4, -0.2) is 27.8 Å². The Hall–Kier alpha value is -7.83. The molecule has 13 heteroatoms. The summed E-state index contributed by atoms with van der Waals surface area (Å²) in [4.78, 5) is 0. The summed E-state index contributed by atoms with van der Waals surface area (Å²) in [6.07, 6.45) is 6.68. The molecule has 0 amide bonds. The molecule has 0 fully saturated rings. The first-order valence-corrected chi connectivity index (χ1v) is 24.2. The van der Waals surface area contributed by atoms with Crippen LogP contribution < -0.4 is 56.3 Å². The fourth-order valence-electron chi connectivity index (χ4n) is 11.3. The molecule has 4 aliphatic heterocycles. The third kappa shape index (κ3) is 7.30. The van der Waals surface area contributed by atoms with Crippen molar-refractivity contribution in [3.63, 3.8) is 0 Å². The number of benzene rings is 8. The molecule has 7 heterocycles. The van der Waals surface area contributed by atoms with Crippen LogP contribution in [0.2, 0.25) is 0 Å². The summed E-state index contributed by atoms with van der Waals surface area (Å²) < 4.78 is 38.6. The molecule has 4 aliphatic rings. The van der Waals surface area contributed by atoms with Gasteiger partial charge in [-0.25, -0.2) is 24.3 Å². The zero-order chi connectivity index (χ0) is 48.6. The maximum atomic E-state index is 6.59. The van der Waals surface area contributed by atoms with Crippen molar-refractivity contribution in [1.29, 1.82) is 0 Å². The molecule has 0 aliphatic carbocycles. The summed E-state index contributed by atoms with van der Waals surface area (Å²) >= 11 is 0. The molecule has 15 rings (SSSR count). The molecule has 0 unspecified atom stereocenters. The Balaban J connectivity index is 0.00000270. The van der Waals surface area contributed by atoms with Crippen LogP contribution in [0.15, 0.2) is 150 Å². The second-order valence-corrected chi connectivity index (χ2v) is 18.8. The van der Waals surface area contributed by atoms with Gasteiger partial charge in [0, 0.05) is 71.9 Å². The number of fused-ring (bicyclic) bond motifs is 8. The fraction of sp³-hybridized carbons (Fsp3) is 0.0645. The zero-order valence-electron chi connectivity index (χ0n) is 40.5. The van der Waals surface area contributed by atoms with Gasteiger partial charge in [-0.3, -0.25) is 10.2 Å². The van der Waals surface area contributed by atoms with Gasteiger partial charge in [-0.15, -0.1) is 58.4 Å². The number of imidazole rings is 1. The van der Waals surface area contributed by atoms with Crippen LogP contribution in [-0.2, 0) is 49.2 Å². The number of aryl methyl sites for hydroxylation is 2. The molecule has 8 aromatic carbocycles. The maximum absolute atomic E-state index is 6.59. The van der Waals surface area contributed by atoms with E-state index in [2.05, 4.69) is 110 Å². The molecule has 0 atom stereocenters. The number of nitrogens with zero attached hydrogens (tertiary/aromatic N) is 4. The average molecular weight is 1330 g/mol. The number of hydrogen-bond acceptors (Lipinski definition) is 6. The molecule has 0 radical (unpaired) electrons. The summed E-state index contributed by atoms with van der Waals surface area (Å²) in [5.41, 5.74) is 16.4. The van der Waals surface area contributed by atoms with E-state index in [-0.39, 0.29) is 55.6 Å². The third-order valence-electron chi connectivity index (χ3n) is 14.5. The van der Waals surface area contributed by atoms with Crippen LogP contribution >= 0.6 is 0 Å². The van der Waals surface area contributed by atoms with Gasteiger partial charge in [0.05, 0.1) is 18.4 Å².